The van der Waals surface area contributed by atoms with Gasteiger partial charge in [0, 0.05) is 18.1 Å². The fourth-order valence-electron chi connectivity index (χ4n) is 1.58. The SMILES string of the molecule is COCc1c(OC)sc2c(Cl)c(Cl)ccc12. The zero-order valence-electron chi connectivity index (χ0n) is 8.84. The van der Waals surface area contributed by atoms with Crippen molar-refractivity contribution in [1.29, 1.82) is 0 Å². The van der Waals surface area contributed by atoms with Gasteiger partial charge in [-0.25, -0.2) is 0 Å². The van der Waals surface area contributed by atoms with Crippen molar-refractivity contribution >= 4 is 44.6 Å². The van der Waals surface area contributed by atoms with Crippen LogP contribution in [0.2, 0.25) is 10.0 Å². The smallest absolute Gasteiger partial charge is 0.180 e. The second kappa shape index (κ2) is 4.80. The van der Waals surface area contributed by atoms with E-state index in [9.17, 15) is 0 Å². The summed E-state index contributed by atoms with van der Waals surface area (Å²) >= 11 is 13.6. The van der Waals surface area contributed by atoms with Crippen molar-refractivity contribution in [2.24, 2.45) is 0 Å². The lowest BCUT2D eigenvalue weighted by Gasteiger charge is -2.01. The predicted molar refractivity (Wildman–Crippen MR) is 69.1 cm³/mol. The van der Waals surface area contributed by atoms with Gasteiger partial charge in [0.2, 0.25) is 0 Å². The number of hydrogen-bond donors (Lipinski definition) is 0. The Morgan fingerprint density at radius 2 is 2.00 bits per heavy atom. The summed E-state index contributed by atoms with van der Waals surface area (Å²) in [6.45, 7) is 0.501. The highest BCUT2D eigenvalue weighted by Crippen LogP contribution is 2.43. The molecular formula is C11H10Cl2O2S. The van der Waals surface area contributed by atoms with E-state index >= 15 is 0 Å². The maximum absolute atomic E-state index is 6.15. The second-order valence-corrected chi connectivity index (χ2v) is 5.01. The van der Waals surface area contributed by atoms with Crippen molar-refractivity contribution in [2.45, 2.75) is 6.61 Å². The Hall–Kier alpha value is -0.480. The maximum Gasteiger partial charge on any atom is 0.180 e. The molecule has 0 amide bonds. The third-order valence-electron chi connectivity index (χ3n) is 2.29. The van der Waals surface area contributed by atoms with Crippen LogP contribution in [0.15, 0.2) is 12.1 Å². The Kier molecular flexibility index (Phi) is 3.60. The van der Waals surface area contributed by atoms with Gasteiger partial charge < -0.3 is 9.47 Å². The molecule has 0 saturated carbocycles. The number of benzene rings is 1. The van der Waals surface area contributed by atoms with Gasteiger partial charge in [-0.2, -0.15) is 0 Å². The summed E-state index contributed by atoms with van der Waals surface area (Å²) in [7, 11) is 3.29. The van der Waals surface area contributed by atoms with E-state index in [0.29, 0.717) is 16.7 Å². The first-order valence-corrected chi connectivity index (χ1v) is 6.18. The third-order valence-corrected chi connectivity index (χ3v) is 4.43. The Morgan fingerprint density at radius 3 is 2.62 bits per heavy atom. The van der Waals surface area contributed by atoms with E-state index < -0.39 is 0 Å². The molecule has 0 aliphatic carbocycles. The maximum atomic E-state index is 6.15. The van der Waals surface area contributed by atoms with Gasteiger partial charge in [-0.05, 0) is 6.07 Å². The second-order valence-electron chi connectivity index (χ2n) is 3.24. The molecular weight excluding hydrogens is 267 g/mol. The average Bonchev–Trinajstić information content (AvgIpc) is 2.63. The van der Waals surface area contributed by atoms with E-state index in [2.05, 4.69) is 0 Å². The average molecular weight is 277 g/mol. The van der Waals surface area contributed by atoms with E-state index in [-0.39, 0.29) is 0 Å². The number of fused-ring (bicyclic) bond motifs is 1. The molecule has 0 bridgehead atoms. The zero-order valence-corrected chi connectivity index (χ0v) is 11.2. The van der Waals surface area contributed by atoms with Crippen LogP contribution in [0, 0.1) is 0 Å². The number of methoxy groups -OCH3 is 2. The standard InChI is InChI=1S/C11H10Cl2O2S/c1-14-5-7-6-3-4-8(12)9(13)10(6)16-11(7)15-2/h3-4H,5H2,1-2H3. The van der Waals surface area contributed by atoms with Crippen molar-refractivity contribution in [3.8, 4) is 5.06 Å². The highest BCUT2D eigenvalue weighted by atomic mass is 35.5. The molecule has 16 heavy (non-hydrogen) atoms. The van der Waals surface area contributed by atoms with Crippen LogP contribution in [-0.4, -0.2) is 14.2 Å². The first kappa shape index (κ1) is 12.0. The Labute approximate surface area is 108 Å². The summed E-state index contributed by atoms with van der Waals surface area (Å²) < 4.78 is 11.4. The normalized spacial score (nSPS) is 11.0. The van der Waals surface area contributed by atoms with Crippen molar-refractivity contribution in [1.82, 2.24) is 0 Å². The largest absolute Gasteiger partial charge is 0.487 e. The molecule has 86 valence electrons. The Morgan fingerprint density at radius 1 is 1.25 bits per heavy atom. The summed E-state index contributed by atoms with van der Waals surface area (Å²) in [5.41, 5.74) is 1.02. The van der Waals surface area contributed by atoms with Crippen molar-refractivity contribution in [3.05, 3.63) is 27.7 Å². The predicted octanol–water partition coefficient (Wildman–Crippen LogP) is 4.36. The Balaban J connectivity index is 2.72. The number of ether oxygens (including phenoxy) is 2. The lowest BCUT2D eigenvalue weighted by Crippen LogP contribution is -1.89. The molecule has 2 rings (SSSR count). The summed E-state index contributed by atoms with van der Waals surface area (Å²) in [6.07, 6.45) is 0. The molecule has 2 aromatic rings. The molecule has 0 fully saturated rings. The molecule has 0 saturated heterocycles. The van der Waals surface area contributed by atoms with Crippen LogP contribution in [0.4, 0.5) is 0 Å². The minimum Gasteiger partial charge on any atom is -0.487 e. The summed E-state index contributed by atoms with van der Waals surface area (Å²) in [5, 5.41) is 2.99. The van der Waals surface area contributed by atoms with Crippen LogP contribution in [0.1, 0.15) is 5.56 Å². The van der Waals surface area contributed by atoms with Crippen LogP contribution < -0.4 is 4.74 Å². The zero-order chi connectivity index (χ0) is 11.7. The van der Waals surface area contributed by atoms with Gasteiger partial charge >= 0.3 is 0 Å². The monoisotopic (exact) mass is 276 g/mol. The van der Waals surface area contributed by atoms with Crippen molar-refractivity contribution < 1.29 is 9.47 Å². The van der Waals surface area contributed by atoms with Crippen LogP contribution in [-0.2, 0) is 11.3 Å². The lowest BCUT2D eigenvalue weighted by atomic mass is 10.2. The highest BCUT2D eigenvalue weighted by molar-refractivity contribution is 7.21. The van der Waals surface area contributed by atoms with Crippen LogP contribution in [0.3, 0.4) is 0 Å². The van der Waals surface area contributed by atoms with Gasteiger partial charge in [-0.15, -0.1) is 0 Å². The molecule has 2 nitrogen and oxygen atoms in total. The molecule has 0 N–H and O–H groups in total. The van der Waals surface area contributed by atoms with Crippen molar-refractivity contribution in [3.63, 3.8) is 0 Å². The topological polar surface area (TPSA) is 18.5 Å². The quantitative estimate of drug-likeness (QED) is 0.829. The fourth-order valence-corrected chi connectivity index (χ4v) is 3.14. The van der Waals surface area contributed by atoms with E-state index in [1.54, 1.807) is 20.3 Å². The molecule has 0 unspecified atom stereocenters. The van der Waals surface area contributed by atoms with E-state index in [1.807, 2.05) is 6.07 Å². The summed E-state index contributed by atoms with van der Waals surface area (Å²) in [5.74, 6) is 0. The van der Waals surface area contributed by atoms with Gasteiger partial charge in [-0.3, -0.25) is 0 Å². The van der Waals surface area contributed by atoms with Gasteiger partial charge in [0.15, 0.2) is 5.06 Å². The van der Waals surface area contributed by atoms with E-state index in [0.717, 1.165) is 20.7 Å². The molecule has 0 aliphatic heterocycles. The minimum atomic E-state index is 0.501. The summed E-state index contributed by atoms with van der Waals surface area (Å²) in [6, 6.07) is 3.73. The molecule has 5 heteroatoms. The number of rotatable bonds is 3. The first-order valence-electron chi connectivity index (χ1n) is 4.61. The third kappa shape index (κ3) is 1.89. The van der Waals surface area contributed by atoms with Crippen LogP contribution in [0.5, 0.6) is 5.06 Å². The van der Waals surface area contributed by atoms with Gasteiger partial charge in [-0.1, -0.05) is 40.6 Å². The van der Waals surface area contributed by atoms with E-state index in [4.69, 9.17) is 32.7 Å². The number of hydrogen-bond acceptors (Lipinski definition) is 3. The molecule has 0 atom stereocenters. The number of thiophene rings is 1. The van der Waals surface area contributed by atoms with Gasteiger partial charge in [0.1, 0.15) is 0 Å². The lowest BCUT2D eigenvalue weighted by molar-refractivity contribution is 0.183. The minimum absolute atomic E-state index is 0.501. The van der Waals surface area contributed by atoms with Crippen LogP contribution in [0.25, 0.3) is 10.1 Å². The highest BCUT2D eigenvalue weighted by Gasteiger charge is 2.16. The van der Waals surface area contributed by atoms with Crippen molar-refractivity contribution in [2.75, 3.05) is 14.2 Å². The molecule has 1 aromatic carbocycles. The molecule has 0 radical (unpaired) electrons. The Bertz CT molecular complexity index is 522. The number of halogens is 2. The molecule has 1 heterocycles. The first-order chi connectivity index (χ1) is 7.69. The van der Waals surface area contributed by atoms with E-state index in [1.165, 1.54) is 11.3 Å². The van der Waals surface area contributed by atoms with Crippen LogP contribution >= 0.6 is 34.5 Å². The molecule has 0 spiro atoms. The molecule has 0 aliphatic rings. The fraction of sp³-hybridized carbons (Fsp3) is 0.273. The van der Waals surface area contributed by atoms with Gasteiger partial charge in [0.25, 0.3) is 0 Å². The summed E-state index contributed by atoms with van der Waals surface area (Å²) in [4.78, 5) is 0. The molecule has 1 aromatic heterocycles. The van der Waals surface area contributed by atoms with Gasteiger partial charge in [0.05, 0.1) is 28.5 Å².